The Labute approximate surface area is 151 Å². The average Bonchev–Trinajstić information content (AvgIpc) is 3.44. The maximum atomic E-state index is 5.88. The predicted molar refractivity (Wildman–Crippen MR) is 93.6 cm³/mol. The molecule has 2 aliphatic rings. The smallest absolute Gasteiger partial charge is 0.232 e. The van der Waals surface area contributed by atoms with Crippen LogP contribution in [0.1, 0.15) is 36.6 Å². The molecule has 2 bridgehead atoms. The molecule has 0 amide bonds. The highest BCUT2D eigenvalue weighted by Gasteiger charge is 2.44. The molecule has 6 heteroatoms. The molecule has 2 aliphatic heterocycles. The molecule has 4 heterocycles. The largest absolute Gasteiger partial charge is 0.489 e. The molecule has 0 spiro atoms. The van der Waals surface area contributed by atoms with Crippen molar-refractivity contribution >= 4 is 0 Å². The van der Waals surface area contributed by atoms with Crippen molar-refractivity contribution in [2.24, 2.45) is 0 Å². The van der Waals surface area contributed by atoms with Gasteiger partial charge in [-0.25, -0.2) is 0 Å². The highest BCUT2D eigenvalue weighted by atomic mass is 16.5. The molecule has 132 valence electrons. The van der Waals surface area contributed by atoms with Crippen molar-refractivity contribution < 1.29 is 14.0 Å². The van der Waals surface area contributed by atoms with Gasteiger partial charge in [0.05, 0.1) is 18.1 Å². The van der Waals surface area contributed by atoms with Gasteiger partial charge in [-0.05, 0) is 49.6 Å². The Morgan fingerprint density at radius 2 is 2.04 bits per heavy atom. The molecule has 26 heavy (non-hydrogen) atoms. The van der Waals surface area contributed by atoms with Crippen molar-refractivity contribution in [2.45, 2.75) is 44.0 Å². The van der Waals surface area contributed by atoms with Crippen LogP contribution in [0.2, 0.25) is 0 Å². The Morgan fingerprint density at radius 1 is 1.12 bits per heavy atom. The van der Waals surface area contributed by atoms with Gasteiger partial charge in [-0.2, -0.15) is 4.98 Å². The summed E-state index contributed by atoms with van der Waals surface area (Å²) < 4.78 is 17.2. The van der Waals surface area contributed by atoms with Gasteiger partial charge in [0.1, 0.15) is 12.4 Å². The highest BCUT2D eigenvalue weighted by molar-refractivity contribution is 5.55. The monoisotopic (exact) mass is 349 g/mol. The lowest BCUT2D eigenvalue weighted by Gasteiger charge is -2.13. The number of fused-ring (bicyclic) bond motifs is 2. The van der Waals surface area contributed by atoms with Crippen LogP contribution in [0.15, 0.2) is 53.3 Å². The Hall–Kier alpha value is -2.73. The van der Waals surface area contributed by atoms with Crippen molar-refractivity contribution in [1.29, 1.82) is 0 Å². The number of nitrogens with zero attached hydrogens (tertiary/aromatic N) is 3. The minimum absolute atomic E-state index is 0.247. The number of aromatic nitrogens is 3. The summed E-state index contributed by atoms with van der Waals surface area (Å²) in [5.74, 6) is 2.35. The molecule has 0 radical (unpaired) electrons. The molecule has 3 aromatic rings. The van der Waals surface area contributed by atoms with E-state index in [-0.39, 0.29) is 12.0 Å². The first-order valence-electron chi connectivity index (χ1n) is 8.96. The SMILES string of the molecule is c1cncc(COc2ccc(-c3noc([C@@H]4C[C@H]5CC[C@@H]4O5)n3)cc2)c1. The van der Waals surface area contributed by atoms with Crippen LogP contribution < -0.4 is 4.74 Å². The number of hydrogen-bond donors (Lipinski definition) is 0. The Morgan fingerprint density at radius 3 is 2.77 bits per heavy atom. The number of benzene rings is 1. The molecular weight excluding hydrogens is 330 g/mol. The van der Waals surface area contributed by atoms with Crippen LogP contribution in [0.25, 0.3) is 11.4 Å². The maximum absolute atomic E-state index is 5.88. The number of ether oxygens (including phenoxy) is 2. The topological polar surface area (TPSA) is 70.3 Å². The van der Waals surface area contributed by atoms with E-state index in [0.717, 1.165) is 36.1 Å². The summed E-state index contributed by atoms with van der Waals surface area (Å²) in [6.07, 6.45) is 7.41. The molecule has 0 N–H and O–H groups in total. The summed E-state index contributed by atoms with van der Waals surface area (Å²) in [6.45, 7) is 0.490. The zero-order valence-electron chi connectivity index (χ0n) is 14.2. The van der Waals surface area contributed by atoms with Gasteiger partial charge in [-0.15, -0.1) is 0 Å². The third kappa shape index (κ3) is 2.97. The molecule has 2 saturated heterocycles. The summed E-state index contributed by atoms with van der Waals surface area (Å²) in [4.78, 5) is 8.68. The fraction of sp³-hybridized carbons (Fsp3) is 0.350. The predicted octanol–water partition coefficient (Wildman–Crippen LogP) is 3.75. The van der Waals surface area contributed by atoms with E-state index < -0.39 is 0 Å². The first kappa shape index (κ1) is 15.5. The van der Waals surface area contributed by atoms with E-state index in [1.807, 2.05) is 36.4 Å². The standard InChI is InChI=1S/C20H19N3O3/c1-2-13(11-21-9-1)12-24-15-5-3-14(4-6-15)19-22-20(26-23-19)17-10-16-7-8-18(17)25-16/h1-6,9,11,16-18H,7-8,10,12H2/t16-,17-,18+/m1/s1. The highest BCUT2D eigenvalue weighted by Crippen LogP contribution is 2.44. The molecule has 0 saturated carbocycles. The third-order valence-electron chi connectivity index (χ3n) is 5.11. The minimum atomic E-state index is 0.247. The van der Waals surface area contributed by atoms with E-state index in [4.69, 9.17) is 14.0 Å². The van der Waals surface area contributed by atoms with Crippen LogP contribution in [-0.2, 0) is 11.3 Å². The second-order valence-corrected chi connectivity index (χ2v) is 6.85. The van der Waals surface area contributed by atoms with Crippen LogP contribution in [0.4, 0.5) is 0 Å². The summed E-state index contributed by atoms with van der Waals surface area (Å²) in [5, 5.41) is 4.15. The van der Waals surface area contributed by atoms with Gasteiger partial charge in [0.2, 0.25) is 11.7 Å². The molecular formula is C20H19N3O3. The molecule has 0 aliphatic carbocycles. The first-order chi connectivity index (χ1) is 12.8. The van der Waals surface area contributed by atoms with Crippen LogP contribution in [-0.4, -0.2) is 27.3 Å². The number of pyridine rings is 1. The fourth-order valence-electron chi connectivity index (χ4n) is 3.75. The van der Waals surface area contributed by atoms with Crippen LogP contribution in [0, 0.1) is 0 Å². The summed E-state index contributed by atoms with van der Waals surface area (Å²) in [7, 11) is 0. The molecule has 0 unspecified atom stereocenters. The normalized spacial score (nSPS) is 24.1. The van der Waals surface area contributed by atoms with Crippen LogP contribution in [0.3, 0.4) is 0 Å². The summed E-state index contributed by atoms with van der Waals surface area (Å²) >= 11 is 0. The molecule has 2 aromatic heterocycles. The summed E-state index contributed by atoms with van der Waals surface area (Å²) in [6, 6.07) is 11.6. The van der Waals surface area contributed by atoms with E-state index in [1.165, 1.54) is 0 Å². The lowest BCUT2D eigenvalue weighted by atomic mass is 9.89. The van der Waals surface area contributed by atoms with E-state index in [0.29, 0.717) is 24.4 Å². The van der Waals surface area contributed by atoms with Crippen molar-refractivity contribution in [3.63, 3.8) is 0 Å². The van der Waals surface area contributed by atoms with Gasteiger partial charge in [0.15, 0.2) is 0 Å². The van der Waals surface area contributed by atoms with E-state index in [2.05, 4.69) is 15.1 Å². The fourth-order valence-corrected chi connectivity index (χ4v) is 3.75. The third-order valence-corrected chi connectivity index (χ3v) is 5.11. The Kier molecular flexibility index (Phi) is 3.90. The van der Waals surface area contributed by atoms with Gasteiger partial charge in [-0.3, -0.25) is 4.98 Å². The lowest BCUT2D eigenvalue weighted by Crippen LogP contribution is -2.14. The quantitative estimate of drug-likeness (QED) is 0.699. The second-order valence-electron chi connectivity index (χ2n) is 6.85. The van der Waals surface area contributed by atoms with Crippen molar-refractivity contribution in [3.05, 3.63) is 60.2 Å². The van der Waals surface area contributed by atoms with Gasteiger partial charge < -0.3 is 14.0 Å². The zero-order chi connectivity index (χ0) is 17.3. The maximum Gasteiger partial charge on any atom is 0.232 e. The van der Waals surface area contributed by atoms with Crippen LogP contribution in [0.5, 0.6) is 5.75 Å². The van der Waals surface area contributed by atoms with Crippen molar-refractivity contribution in [2.75, 3.05) is 0 Å². The first-order valence-corrected chi connectivity index (χ1v) is 8.96. The van der Waals surface area contributed by atoms with E-state index in [1.54, 1.807) is 12.4 Å². The van der Waals surface area contributed by atoms with Crippen molar-refractivity contribution in [3.8, 4) is 17.1 Å². The van der Waals surface area contributed by atoms with Gasteiger partial charge in [0, 0.05) is 23.5 Å². The van der Waals surface area contributed by atoms with Gasteiger partial charge in [0.25, 0.3) is 0 Å². The van der Waals surface area contributed by atoms with E-state index >= 15 is 0 Å². The number of rotatable bonds is 5. The Bertz CT molecular complexity index is 879. The summed E-state index contributed by atoms with van der Waals surface area (Å²) in [5.41, 5.74) is 1.95. The minimum Gasteiger partial charge on any atom is -0.489 e. The molecule has 3 atom stereocenters. The van der Waals surface area contributed by atoms with Crippen molar-refractivity contribution in [1.82, 2.24) is 15.1 Å². The number of hydrogen-bond acceptors (Lipinski definition) is 6. The zero-order valence-corrected chi connectivity index (χ0v) is 14.2. The molecule has 1 aromatic carbocycles. The van der Waals surface area contributed by atoms with Gasteiger partial charge in [-0.1, -0.05) is 11.2 Å². The molecule has 5 rings (SSSR count). The van der Waals surface area contributed by atoms with Gasteiger partial charge >= 0.3 is 0 Å². The Balaban J connectivity index is 1.26. The average molecular weight is 349 g/mol. The lowest BCUT2D eigenvalue weighted by molar-refractivity contribution is 0.0974. The molecule has 6 nitrogen and oxygen atoms in total. The van der Waals surface area contributed by atoms with Crippen LogP contribution >= 0.6 is 0 Å². The second kappa shape index (κ2) is 6.53. The molecule has 2 fully saturated rings. The van der Waals surface area contributed by atoms with E-state index in [9.17, 15) is 0 Å².